The lowest BCUT2D eigenvalue weighted by Gasteiger charge is -2.24. The van der Waals surface area contributed by atoms with E-state index in [1.807, 2.05) is 0 Å². The molecule has 0 aromatic carbocycles. The highest BCUT2D eigenvalue weighted by molar-refractivity contribution is 5.78. The van der Waals surface area contributed by atoms with E-state index in [0.29, 0.717) is 0 Å². The molecule has 0 spiro atoms. The fourth-order valence-electron chi connectivity index (χ4n) is 0.856. The van der Waals surface area contributed by atoms with Gasteiger partial charge in [-0.2, -0.15) is 13.2 Å². The summed E-state index contributed by atoms with van der Waals surface area (Å²) in [6, 6.07) is -1.53. The summed E-state index contributed by atoms with van der Waals surface area (Å²) in [7, 11) is 0. The van der Waals surface area contributed by atoms with Crippen LogP contribution in [-0.4, -0.2) is 24.7 Å². The van der Waals surface area contributed by atoms with Crippen molar-refractivity contribution in [2.45, 2.75) is 18.6 Å². The van der Waals surface area contributed by atoms with E-state index in [1.54, 1.807) is 0 Å². The Labute approximate surface area is 61.5 Å². The van der Waals surface area contributed by atoms with E-state index in [-0.39, 0.29) is 18.9 Å². The van der Waals surface area contributed by atoms with Crippen LogP contribution in [0.25, 0.3) is 0 Å². The maximum atomic E-state index is 11.9. The van der Waals surface area contributed by atoms with Crippen molar-refractivity contribution >= 4 is 5.96 Å². The zero-order valence-corrected chi connectivity index (χ0v) is 5.65. The summed E-state index contributed by atoms with van der Waals surface area (Å²) >= 11 is 0. The molecule has 1 atom stereocenters. The molecule has 0 aliphatic carbocycles. The van der Waals surface area contributed by atoms with Gasteiger partial charge in [0.15, 0.2) is 5.96 Å². The second-order valence-electron chi connectivity index (χ2n) is 2.29. The molecule has 1 unspecified atom stereocenters. The predicted molar refractivity (Wildman–Crippen MR) is 34.1 cm³/mol. The SMILES string of the molecule is NC1=NCCC(C(F)(F)F)N1. The van der Waals surface area contributed by atoms with Crippen LogP contribution in [0, 0.1) is 0 Å². The van der Waals surface area contributed by atoms with E-state index in [2.05, 4.69) is 10.3 Å². The summed E-state index contributed by atoms with van der Waals surface area (Å²) in [6.45, 7) is 0.142. The molecule has 3 N–H and O–H groups in total. The first-order valence-electron chi connectivity index (χ1n) is 3.13. The van der Waals surface area contributed by atoms with Crippen LogP contribution in [0.5, 0.6) is 0 Å². The van der Waals surface area contributed by atoms with Gasteiger partial charge < -0.3 is 11.1 Å². The molecule has 64 valence electrons. The second-order valence-corrected chi connectivity index (χ2v) is 2.29. The second kappa shape index (κ2) is 2.60. The van der Waals surface area contributed by atoms with Crippen molar-refractivity contribution in [1.82, 2.24) is 5.32 Å². The van der Waals surface area contributed by atoms with Gasteiger partial charge in [0, 0.05) is 6.54 Å². The van der Waals surface area contributed by atoms with E-state index < -0.39 is 12.2 Å². The summed E-state index contributed by atoms with van der Waals surface area (Å²) in [4.78, 5) is 3.58. The van der Waals surface area contributed by atoms with Gasteiger partial charge in [-0.3, -0.25) is 4.99 Å². The maximum absolute atomic E-state index is 11.9. The number of alkyl halides is 3. The highest BCUT2D eigenvalue weighted by Gasteiger charge is 2.40. The van der Waals surface area contributed by atoms with Crippen LogP contribution in [0.1, 0.15) is 6.42 Å². The molecule has 11 heavy (non-hydrogen) atoms. The van der Waals surface area contributed by atoms with Crippen molar-refractivity contribution in [3.8, 4) is 0 Å². The van der Waals surface area contributed by atoms with Gasteiger partial charge in [0.2, 0.25) is 0 Å². The number of nitrogens with two attached hydrogens (primary N) is 1. The first-order chi connectivity index (χ1) is 5.00. The first-order valence-corrected chi connectivity index (χ1v) is 3.13. The van der Waals surface area contributed by atoms with Gasteiger partial charge in [0.05, 0.1) is 0 Å². The molecule has 0 amide bonds. The number of aliphatic imine (C=N–C) groups is 1. The number of rotatable bonds is 0. The molecular formula is C5H8F3N3. The summed E-state index contributed by atoms with van der Waals surface area (Å²) in [5, 5.41) is 2.06. The van der Waals surface area contributed by atoms with Crippen molar-refractivity contribution in [2.24, 2.45) is 10.7 Å². The molecule has 1 rings (SSSR count). The Morgan fingerprint density at radius 3 is 2.55 bits per heavy atom. The highest BCUT2D eigenvalue weighted by atomic mass is 19.4. The normalized spacial score (nSPS) is 25.7. The Morgan fingerprint density at radius 1 is 1.55 bits per heavy atom. The third kappa shape index (κ3) is 1.99. The Kier molecular flexibility index (Phi) is 1.92. The number of guanidine groups is 1. The van der Waals surface area contributed by atoms with Crippen LogP contribution in [0.4, 0.5) is 13.2 Å². The molecule has 1 aliphatic rings. The van der Waals surface area contributed by atoms with Gasteiger partial charge >= 0.3 is 6.18 Å². The van der Waals surface area contributed by atoms with Crippen molar-refractivity contribution < 1.29 is 13.2 Å². The standard InChI is InChI=1S/C5H8F3N3/c6-5(7,8)3-1-2-10-4(9)11-3/h3H,1-2H2,(H3,9,10,11). The number of hydrogen-bond donors (Lipinski definition) is 2. The van der Waals surface area contributed by atoms with E-state index >= 15 is 0 Å². The minimum atomic E-state index is -4.22. The number of nitrogens with one attached hydrogen (secondary N) is 1. The topological polar surface area (TPSA) is 50.4 Å². The van der Waals surface area contributed by atoms with Crippen LogP contribution in [0.15, 0.2) is 4.99 Å². The lowest BCUT2D eigenvalue weighted by molar-refractivity contribution is -0.153. The van der Waals surface area contributed by atoms with E-state index in [0.717, 1.165) is 0 Å². The van der Waals surface area contributed by atoms with Crippen LogP contribution in [0.2, 0.25) is 0 Å². The van der Waals surface area contributed by atoms with Gasteiger partial charge in [0.25, 0.3) is 0 Å². The first kappa shape index (κ1) is 8.16. The predicted octanol–water partition coefficient (Wildman–Crippen LogP) is 0.225. The highest BCUT2D eigenvalue weighted by Crippen LogP contribution is 2.23. The molecule has 3 nitrogen and oxygen atoms in total. The molecule has 0 aromatic rings. The van der Waals surface area contributed by atoms with Crippen LogP contribution in [0.3, 0.4) is 0 Å². The molecular weight excluding hydrogens is 159 g/mol. The molecule has 1 aliphatic heterocycles. The summed E-state index contributed by atoms with van der Waals surface area (Å²) in [5.41, 5.74) is 5.06. The molecule has 0 saturated carbocycles. The number of hydrogen-bond acceptors (Lipinski definition) is 3. The van der Waals surface area contributed by atoms with Crippen LogP contribution < -0.4 is 11.1 Å². The average molecular weight is 167 g/mol. The maximum Gasteiger partial charge on any atom is 0.408 e. The summed E-state index contributed by atoms with van der Waals surface area (Å²) in [5.74, 6) is -0.126. The van der Waals surface area contributed by atoms with E-state index in [1.165, 1.54) is 0 Å². The lowest BCUT2D eigenvalue weighted by Crippen LogP contribution is -2.51. The van der Waals surface area contributed by atoms with E-state index in [4.69, 9.17) is 5.73 Å². The fourth-order valence-corrected chi connectivity index (χ4v) is 0.856. The smallest absolute Gasteiger partial charge is 0.370 e. The zero-order valence-electron chi connectivity index (χ0n) is 5.65. The Morgan fingerprint density at radius 2 is 2.18 bits per heavy atom. The minimum absolute atomic E-state index is 0.0375. The number of nitrogens with zero attached hydrogens (tertiary/aromatic N) is 1. The molecule has 0 bridgehead atoms. The molecule has 0 radical (unpaired) electrons. The van der Waals surface area contributed by atoms with Gasteiger partial charge in [-0.1, -0.05) is 0 Å². The monoisotopic (exact) mass is 167 g/mol. The van der Waals surface area contributed by atoms with Gasteiger partial charge in [-0.15, -0.1) is 0 Å². The third-order valence-corrected chi connectivity index (χ3v) is 1.42. The average Bonchev–Trinajstić information content (AvgIpc) is 1.86. The lowest BCUT2D eigenvalue weighted by atomic mass is 10.2. The molecule has 1 heterocycles. The summed E-state index contributed by atoms with van der Waals surface area (Å²) in [6.07, 6.45) is -4.26. The van der Waals surface area contributed by atoms with Gasteiger partial charge in [0.1, 0.15) is 6.04 Å². The molecule has 6 heteroatoms. The zero-order chi connectivity index (χ0) is 8.48. The van der Waals surface area contributed by atoms with Crippen molar-refractivity contribution in [3.63, 3.8) is 0 Å². The minimum Gasteiger partial charge on any atom is -0.370 e. The summed E-state index contributed by atoms with van der Waals surface area (Å²) < 4.78 is 35.8. The fraction of sp³-hybridized carbons (Fsp3) is 0.800. The molecule has 0 aromatic heterocycles. The van der Waals surface area contributed by atoms with Crippen LogP contribution in [-0.2, 0) is 0 Å². The largest absolute Gasteiger partial charge is 0.408 e. The Bertz CT molecular complexity index is 174. The van der Waals surface area contributed by atoms with Gasteiger partial charge in [-0.05, 0) is 6.42 Å². The van der Waals surface area contributed by atoms with E-state index in [9.17, 15) is 13.2 Å². The third-order valence-electron chi connectivity index (χ3n) is 1.42. The van der Waals surface area contributed by atoms with Crippen molar-refractivity contribution in [1.29, 1.82) is 0 Å². The Hall–Kier alpha value is -0.940. The number of halogens is 3. The van der Waals surface area contributed by atoms with Crippen LogP contribution >= 0.6 is 0 Å². The Balaban J connectivity index is 2.58. The van der Waals surface area contributed by atoms with Gasteiger partial charge in [-0.25, -0.2) is 0 Å². The molecule has 0 saturated heterocycles. The quantitative estimate of drug-likeness (QED) is 0.542. The van der Waals surface area contributed by atoms with Crippen molar-refractivity contribution in [2.75, 3.05) is 6.54 Å². The molecule has 0 fully saturated rings. The van der Waals surface area contributed by atoms with Crippen molar-refractivity contribution in [3.05, 3.63) is 0 Å².